The number of fused-ring (bicyclic) bond motifs is 1. The van der Waals surface area contributed by atoms with Crippen molar-refractivity contribution in [3.63, 3.8) is 0 Å². The Kier molecular flexibility index (Phi) is 8.51. The number of benzene rings is 1. The van der Waals surface area contributed by atoms with E-state index >= 15 is 0 Å². The maximum Gasteiger partial charge on any atom is 0.287 e. The van der Waals surface area contributed by atoms with Gasteiger partial charge in [0.1, 0.15) is 11.6 Å². The summed E-state index contributed by atoms with van der Waals surface area (Å²) in [5.41, 5.74) is 1.75. The SMILES string of the molecule is Cc1cccnc1S(=O)(=O)N1CCC[C@H](NC(=O)C(CC(C)C)NC(=O)c2oc3ccccc3c2C)C(=O)C1. The number of rotatable bonds is 8. The van der Waals surface area contributed by atoms with Crippen molar-refractivity contribution in [2.45, 2.75) is 64.1 Å². The van der Waals surface area contributed by atoms with Gasteiger partial charge < -0.3 is 15.1 Å². The molecule has 0 aliphatic carbocycles. The highest BCUT2D eigenvalue weighted by atomic mass is 32.2. The molecule has 3 aromatic rings. The third-order valence-corrected chi connectivity index (χ3v) is 8.77. The highest BCUT2D eigenvalue weighted by molar-refractivity contribution is 7.89. The minimum atomic E-state index is -3.97. The number of hydrogen-bond acceptors (Lipinski definition) is 7. The van der Waals surface area contributed by atoms with Crippen molar-refractivity contribution >= 4 is 38.6 Å². The average Bonchev–Trinajstić information content (AvgIpc) is 3.11. The van der Waals surface area contributed by atoms with Crippen LogP contribution < -0.4 is 10.6 Å². The van der Waals surface area contributed by atoms with Gasteiger partial charge in [-0.15, -0.1) is 0 Å². The Labute approximate surface area is 228 Å². The Morgan fingerprint density at radius 1 is 1.15 bits per heavy atom. The van der Waals surface area contributed by atoms with Gasteiger partial charge >= 0.3 is 0 Å². The lowest BCUT2D eigenvalue weighted by Crippen LogP contribution is -2.52. The maximum atomic E-state index is 13.3. The number of aryl methyl sites for hydroxylation is 2. The van der Waals surface area contributed by atoms with E-state index < -0.39 is 39.7 Å². The Hall–Kier alpha value is -3.57. The van der Waals surface area contributed by atoms with Crippen LogP contribution in [0.3, 0.4) is 0 Å². The van der Waals surface area contributed by atoms with E-state index in [1.807, 2.05) is 32.0 Å². The van der Waals surface area contributed by atoms with Gasteiger partial charge in [-0.25, -0.2) is 13.4 Å². The van der Waals surface area contributed by atoms with Gasteiger partial charge in [-0.2, -0.15) is 4.31 Å². The molecule has 2 atom stereocenters. The van der Waals surface area contributed by atoms with Crippen molar-refractivity contribution < 1.29 is 27.2 Å². The molecule has 11 heteroatoms. The van der Waals surface area contributed by atoms with Gasteiger partial charge in [0, 0.05) is 23.7 Å². The van der Waals surface area contributed by atoms with Crippen LogP contribution in [0.2, 0.25) is 0 Å². The molecule has 10 nitrogen and oxygen atoms in total. The number of carbonyl (C=O) groups excluding carboxylic acids is 3. The number of hydrogen-bond donors (Lipinski definition) is 2. The zero-order chi connectivity index (χ0) is 28.3. The lowest BCUT2D eigenvalue weighted by atomic mass is 10.0. The number of aromatic nitrogens is 1. The molecule has 39 heavy (non-hydrogen) atoms. The van der Waals surface area contributed by atoms with Crippen LogP contribution in [0.4, 0.5) is 0 Å². The second kappa shape index (κ2) is 11.7. The summed E-state index contributed by atoms with van der Waals surface area (Å²) >= 11 is 0. The molecule has 1 saturated heterocycles. The Balaban J connectivity index is 1.47. The molecule has 4 rings (SSSR count). The van der Waals surface area contributed by atoms with Gasteiger partial charge in [-0.3, -0.25) is 14.4 Å². The first-order chi connectivity index (χ1) is 18.5. The Bertz CT molecular complexity index is 1500. The first-order valence-electron chi connectivity index (χ1n) is 13.0. The lowest BCUT2D eigenvalue weighted by molar-refractivity contribution is -0.129. The van der Waals surface area contributed by atoms with E-state index in [1.165, 1.54) is 6.20 Å². The molecular formula is C28H34N4O6S. The van der Waals surface area contributed by atoms with E-state index in [0.717, 1.165) is 9.69 Å². The van der Waals surface area contributed by atoms with Crippen molar-refractivity contribution in [1.29, 1.82) is 0 Å². The predicted octanol–water partition coefficient (Wildman–Crippen LogP) is 3.13. The molecule has 1 aromatic carbocycles. The quantitative estimate of drug-likeness (QED) is 0.436. The first-order valence-corrected chi connectivity index (χ1v) is 14.5. The molecule has 2 amide bonds. The number of pyridine rings is 1. The maximum absolute atomic E-state index is 13.3. The molecule has 2 N–H and O–H groups in total. The number of carbonyl (C=O) groups is 3. The summed E-state index contributed by atoms with van der Waals surface area (Å²) in [5, 5.41) is 6.27. The van der Waals surface area contributed by atoms with Crippen molar-refractivity contribution in [2.24, 2.45) is 5.92 Å². The second-order valence-corrected chi connectivity index (χ2v) is 12.2. The highest BCUT2D eigenvalue weighted by Crippen LogP contribution is 2.25. The summed E-state index contributed by atoms with van der Waals surface area (Å²) in [6.45, 7) is 7.06. The van der Waals surface area contributed by atoms with Crippen LogP contribution in [0.25, 0.3) is 11.0 Å². The van der Waals surface area contributed by atoms with Crippen molar-refractivity contribution in [3.8, 4) is 0 Å². The fourth-order valence-corrected chi connectivity index (χ4v) is 6.39. The fourth-order valence-electron chi connectivity index (χ4n) is 4.81. The van der Waals surface area contributed by atoms with Crippen LogP contribution in [0.5, 0.6) is 0 Å². The van der Waals surface area contributed by atoms with Gasteiger partial charge in [0.25, 0.3) is 15.9 Å². The van der Waals surface area contributed by atoms with E-state index in [2.05, 4.69) is 15.6 Å². The third-order valence-electron chi connectivity index (χ3n) is 6.86. The third kappa shape index (κ3) is 6.20. The molecule has 1 aliphatic rings. The van der Waals surface area contributed by atoms with Crippen LogP contribution >= 0.6 is 0 Å². The molecule has 1 unspecified atom stereocenters. The average molecular weight is 555 g/mol. The van der Waals surface area contributed by atoms with Crippen LogP contribution in [-0.2, 0) is 19.6 Å². The summed E-state index contributed by atoms with van der Waals surface area (Å²) in [7, 11) is -3.97. The smallest absolute Gasteiger partial charge is 0.287 e. The van der Waals surface area contributed by atoms with E-state index in [0.29, 0.717) is 29.6 Å². The van der Waals surface area contributed by atoms with Crippen LogP contribution in [-0.4, -0.2) is 60.5 Å². The summed E-state index contributed by atoms with van der Waals surface area (Å²) in [4.78, 5) is 43.6. The number of para-hydroxylation sites is 1. The fraction of sp³-hybridized carbons (Fsp3) is 0.429. The van der Waals surface area contributed by atoms with E-state index in [4.69, 9.17) is 4.42 Å². The van der Waals surface area contributed by atoms with E-state index in [-0.39, 0.29) is 36.2 Å². The molecular weight excluding hydrogens is 520 g/mol. The number of ketones is 1. The van der Waals surface area contributed by atoms with Crippen LogP contribution in [0.1, 0.15) is 54.8 Å². The van der Waals surface area contributed by atoms with Crippen molar-refractivity contribution in [1.82, 2.24) is 19.9 Å². The zero-order valence-corrected chi connectivity index (χ0v) is 23.4. The molecule has 3 heterocycles. The monoisotopic (exact) mass is 554 g/mol. The molecule has 0 radical (unpaired) electrons. The van der Waals surface area contributed by atoms with Gasteiger partial charge in [-0.1, -0.05) is 38.1 Å². The standard InChI is InChI=1S/C28H34N4O6S/c1-17(2)15-22(31-27(35)25-19(4)20-10-5-6-12-24(20)38-25)26(34)30-21-11-8-14-32(16-23(21)33)39(36,37)28-18(3)9-7-13-29-28/h5-7,9-10,12-13,17,21-22H,8,11,14-16H2,1-4H3,(H,30,34)(H,31,35)/t21-,22?/m0/s1. The molecule has 2 aromatic heterocycles. The van der Waals surface area contributed by atoms with Crippen LogP contribution in [0, 0.1) is 19.8 Å². The van der Waals surface area contributed by atoms with Crippen molar-refractivity contribution in [2.75, 3.05) is 13.1 Å². The molecule has 208 valence electrons. The van der Waals surface area contributed by atoms with Gasteiger partial charge in [0.2, 0.25) is 5.91 Å². The van der Waals surface area contributed by atoms with Gasteiger partial charge in [-0.05, 0) is 56.7 Å². The molecule has 1 aliphatic heterocycles. The number of furan rings is 1. The number of sulfonamides is 1. The minimum Gasteiger partial charge on any atom is -0.451 e. The number of nitrogens with one attached hydrogen (secondary N) is 2. The summed E-state index contributed by atoms with van der Waals surface area (Å²) in [6, 6.07) is 8.82. The molecule has 0 saturated carbocycles. The molecule has 0 bridgehead atoms. The molecule has 1 fully saturated rings. The van der Waals surface area contributed by atoms with Crippen molar-refractivity contribution in [3.05, 3.63) is 59.5 Å². The predicted molar refractivity (Wildman–Crippen MR) is 146 cm³/mol. The van der Waals surface area contributed by atoms with Gasteiger partial charge in [0.15, 0.2) is 16.6 Å². The Morgan fingerprint density at radius 2 is 1.90 bits per heavy atom. The summed E-state index contributed by atoms with van der Waals surface area (Å²) < 4.78 is 33.2. The highest BCUT2D eigenvalue weighted by Gasteiger charge is 2.35. The number of amides is 2. The number of nitrogens with zero attached hydrogens (tertiary/aromatic N) is 2. The second-order valence-electron chi connectivity index (χ2n) is 10.3. The zero-order valence-electron chi connectivity index (χ0n) is 22.6. The van der Waals surface area contributed by atoms with E-state index in [9.17, 15) is 22.8 Å². The summed E-state index contributed by atoms with van der Waals surface area (Å²) in [6.07, 6.45) is 2.40. The largest absolute Gasteiger partial charge is 0.451 e. The first kappa shape index (κ1) is 28.4. The van der Waals surface area contributed by atoms with Crippen LogP contribution in [0.15, 0.2) is 52.0 Å². The normalized spacial score (nSPS) is 17.7. The summed E-state index contributed by atoms with van der Waals surface area (Å²) in [5.74, 6) is -1.22. The minimum absolute atomic E-state index is 0.0740. The molecule has 0 spiro atoms. The lowest BCUT2D eigenvalue weighted by Gasteiger charge is -2.23. The van der Waals surface area contributed by atoms with Gasteiger partial charge in [0.05, 0.1) is 12.6 Å². The topological polar surface area (TPSA) is 139 Å². The van der Waals surface area contributed by atoms with E-state index in [1.54, 1.807) is 32.0 Å². The number of Topliss-reactive ketones (excluding diaryl/α,β-unsaturated/α-hetero) is 1. The Morgan fingerprint density at radius 3 is 2.59 bits per heavy atom.